The maximum atomic E-state index is 3.28. The Morgan fingerprint density at radius 3 is 1.40 bits per heavy atom. The molecule has 1 rings (SSSR count). The summed E-state index contributed by atoms with van der Waals surface area (Å²) in [5.41, 5.74) is 0. The maximum absolute atomic E-state index is 3.28. The average molecular weight is 336 g/mol. The molecule has 0 aromatic heterocycles. The van der Waals surface area contributed by atoms with Gasteiger partial charge in [0.1, 0.15) is 0 Å². The molecule has 0 unspecified atom stereocenters. The van der Waals surface area contributed by atoms with Crippen LogP contribution in [0.3, 0.4) is 0 Å². The van der Waals surface area contributed by atoms with E-state index in [9.17, 15) is 0 Å². The van der Waals surface area contributed by atoms with Gasteiger partial charge in [0.15, 0.2) is 0 Å². The van der Waals surface area contributed by atoms with E-state index in [0.29, 0.717) is 0 Å². The second kappa shape index (κ2) is 8.56. The van der Waals surface area contributed by atoms with Crippen LogP contribution in [0.5, 0.6) is 0 Å². The van der Waals surface area contributed by atoms with Gasteiger partial charge in [0.05, 0.1) is 0 Å². The Balaban J connectivity index is 0.000000180. The van der Waals surface area contributed by atoms with Crippen LogP contribution in [0.1, 0.15) is 19.3 Å². The van der Waals surface area contributed by atoms with Crippen molar-refractivity contribution in [3.05, 3.63) is 0 Å². The first-order chi connectivity index (χ1) is 4.73. The van der Waals surface area contributed by atoms with Crippen LogP contribution in [0.15, 0.2) is 0 Å². The van der Waals surface area contributed by atoms with Crippen molar-refractivity contribution in [2.75, 3.05) is 13.1 Å². The molecule has 0 bridgehead atoms. The van der Waals surface area contributed by atoms with E-state index >= 15 is 0 Å². The Kier molecular flexibility index (Phi) is 9.81. The van der Waals surface area contributed by atoms with Gasteiger partial charge in [0.25, 0.3) is 0 Å². The molecule has 0 radical (unpaired) electrons. The van der Waals surface area contributed by atoms with E-state index in [1.54, 1.807) is 0 Å². The molecular weight excluding hydrogens is 325 g/mol. The molecule has 1 fully saturated rings. The second-order valence-corrected chi connectivity index (χ2v) is 8.49. The minimum atomic E-state index is 0.271. The van der Waals surface area contributed by atoms with Crippen LogP contribution in [-0.2, 0) is 0 Å². The molecule has 0 atom stereocenters. The average Bonchev–Trinajstić information content (AvgIpc) is 1.90. The molecule has 1 nitrogen and oxygen atoms in total. The van der Waals surface area contributed by atoms with Gasteiger partial charge in [-0.3, -0.25) is 0 Å². The van der Waals surface area contributed by atoms with Crippen molar-refractivity contribution < 1.29 is 0 Å². The van der Waals surface area contributed by atoms with Gasteiger partial charge >= 0.3 is 3.18 Å². The van der Waals surface area contributed by atoms with Gasteiger partial charge in [0.2, 0.25) is 0 Å². The molecule has 0 aromatic rings. The number of halogens is 3. The van der Waals surface area contributed by atoms with Crippen molar-refractivity contribution >= 4 is 50.5 Å². The zero-order valence-electron chi connectivity index (χ0n) is 5.75. The van der Waals surface area contributed by atoms with Crippen molar-refractivity contribution in [3.63, 3.8) is 0 Å². The second-order valence-electron chi connectivity index (χ2n) is 2.06. The van der Waals surface area contributed by atoms with Gasteiger partial charge in [-0.05, 0) is 25.9 Å². The molecule has 1 heterocycles. The van der Waals surface area contributed by atoms with E-state index in [-0.39, 0.29) is 3.18 Å². The summed E-state index contributed by atoms with van der Waals surface area (Å²) in [6, 6.07) is 0. The van der Waals surface area contributed by atoms with Crippen LogP contribution >= 0.6 is 47.3 Å². The molecule has 0 saturated carbocycles. The van der Waals surface area contributed by atoms with E-state index in [4.69, 9.17) is 0 Å². The predicted octanol–water partition coefficient (Wildman–Crippen LogP) is 2.92. The van der Waals surface area contributed by atoms with E-state index in [2.05, 4.69) is 52.6 Å². The van der Waals surface area contributed by atoms with Gasteiger partial charge in [0, 0.05) is 0 Å². The number of hydrogen-bond acceptors (Lipinski definition) is 1. The minimum absolute atomic E-state index is 0.271. The first-order valence-electron chi connectivity index (χ1n) is 3.36. The summed E-state index contributed by atoms with van der Waals surface area (Å²) in [4.78, 5) is 0. The lowest BCUT2D eigenvalue weighted by Crippen LogP contribution is -2.21. The Hall–Kier alpha value is 1.46. The van der Waals surface area contributed by atoms with Gasteiger partial charge in [-0.25, -0.2) is 0 Å². The molecule has 1 saturated heterocycles. The normalized spacial score (nSPS) is 17.1. The Labute approximate surface area is 87.7 Å². The number of nitrogens with one attached hydrogen (secondary N) is 1. The highest BCUT2D eigenvalue weighted by molar-refractivity contribution is 9.69. The molecule has 60 valence electrons. The van der Waals surface area contributed by atoms with E-state index in [0.717, 1.165) is 0 Å². The summed E-state index contributed by atoms with van der Waals surface area (Å²) in [6.07, 6.45) is 4.22. The monoisotopic (exact) mass is 333 g/mol. The number of piperidine rings is 1. The molecule has 5 heteroatoms. The fourth-order valence-electron chi connectivity index (χ4n) is 0.802. The van der Waals surface area contributed by atoms with E-state index < -0.39 is 0 Å². The lowest BCUT2D eigenvalue weighted by atomic mass is 10.2. The fraction of sp³-hybridized carbons (Fsp3) is 1.00. The zero-order valence-corrected chi connectivity index (χ0v) is 10.5. The van der Waals surface area contributed by atoms with Crippen LogP contribution in [0, 0.1) is 0 Å². The molecular formula is C5H11BBr3N. The minimum Gasteiger partial charge on any atom is -0.317 e. The first-order valence-corrected chi connectivity index (χ1v) is 6.11. The first kappa shape index (κ1) is 11.5. The molecule has 0 spiro atoms. The summed E-state index contributed by atoms with van der Waals surface area (Å²) < 4.78 is 0.271. The SMILES string of the molecule is BrB(Br)Br.C1CCNCC1. The standard InChI is InChI=1S/C5H11N.BBr3/c1-2-4-6-5-3-1;2-1(3)4/h6H,1-5H2;. The third-order valence-electron chi connectivity index (χ3n) is 1.21. The highest BCUT2D eigenvalue weighted by atomic mass is 79.9. The topological polar surface area (TPSA) is 12.0 Å². The lowest BCUT2D eigenvalue weighted by Gasteiger charge is -2.08. The highest BCUT2D eigenvalue weighted by Crippen LogP contribution is 2.07. The molecule has 0 aromatic carbocycles. The summed E-state index contributed by atoms with van der Waals surface area (Å²) >= 11 is 9.31. The van der Waals surface area contributed by atoms with Crippen molar-refractivity contribution in [3.8, 4) is 0 Å². The van der Waals surface area contributed by atoms with Crippen LogP contribution in [-0.4, -0.2) is 16.3 Å². The third kappa shape index (κ3) is 12.2. The summed E-state index contributed by atoms with van der Waals surface area (Å²) in [5.74, 6) is 0. The van der Waals surface area contributed by atoms with Crippen molar-refractivity contribution in [1.29, 1.82) is 0 Å². The molecule has 10 heavy (non-hydrogen) atoms. The Morgan fingerprint density at radius 1 is 0.900 bits per heavy atom. The van der Waals surface area contributed by atoms with Gasteiger partial charge in [-0.15, -0.1) is 47.3 Å². The molecule has 1 aliphatic rings. The quantitative estimate of drug-likeness (QED) is 0.671. The van der Waals surface area contributed by atoms with Crippen LogP contribution in [0.2, 0.25) is 0 Å². The van der Waals surface area contributed by atoms with E-state index in [1.165, 1.54) is 32.4 Å². The maximum Gasteiger partial charge on any atom is 0.369 e. The van der Waals surface area contributed by atoms with Gasteiger partial charge in [-0.1, -0.05) is 6.42 Å². The van der Waals surface area contributed by atoms with E-state index in [1.807, 2.05) is 0 Å². The smallest absolute Gasteiger partial charge is 0.317 e. The number of hydrogen-bond donors (Lipinski definition) is 1. The van der Waals surface area contributed by atoms with Gasteiger partial charge < -0.3 is 5.32 Å². The zero-order chi connectivity index (χ0) is 7.82. The van der Waals surface area contributed by atoms with Crippen LogP contribution in [0.25, 0.3) is 0 Å². The van der Waals surface area contributed by atoms with Gasteiger partial charge in [-0.2, -0.15) is 0 Å². The summed E-state index contributed by atoms with van der Waals surface area (Å²) in [5, 5.41) is 3.28. The van der Waals surface area contributed by atoms with Crippen molar-refractivity contribution in [1.82, 2.24) is 5.32 Å². The van der Waals surface area contributed by atoms with Crippen LogP contribution < -0.4 is 5.32 Å². The van der Waals surface area contributed by atoms with Crippen molar-refractivity contribution in [2.24, 2.45) is 0 Å². The molecule has 0 amide bonds. The summed E-state index contributed by atoms with van der Waals surface area (Å²) in [6.45, 7) is 2.50. The molecule has 1 N–H and O–H groups in total. The summed E-state index contributed by atoms with van der Waals surface area (Å²) in [7, 11) is 0. The molecule has 1 aliphatic heterocycles. The van der Waals surface area contributed by atoms with Crippen LogP contribution in [0.4, 0.5) is 0 Å². The third-order valence-corrected chi connectivity index (χ3v) is 1.21. The predicted molar refractivity (Wildman–Crippen MR) is 59.3 cm³/mol. The number of rotatable bonds is 0. The van der Waals surface area contributed by atoms with Crippen molar-refractivity contribution in [2.45, 2.75) is 19.3 Å². The Bertz CT molecular complexity index is 53.6. The Morgan fingerprint density at radius 2 is 1.30 bits per heavy atom. The fourth-order valence-corrected chi connectivity index (χ4v) is 0.802. The molecule has 0 aliphatic carbocycles. The largest absolute Gasteiger partial charge is 0.369 e. The lowest BCUT2D eigenvalue weighted by molar-refractivity contribution is 0.520. The highest BCUT2D eigenvalue weighted by Gasteiger charge is 1.93.